The minimum atomic E-state index is 0.790. The van der Waals surface area contributed by atoms with Crippen LogP contribution >= 0.6 is 0 Å². The van der Waals surface area contributed by atoms with Crippen LogP contribution in [0.1, 0.15) is 41.3 Å². The van der Waals surface area contributed by atoms with Crippen LogP contribution in [0.25, 0.3) is 5.57 Å². The highest BCUT2D eigenvalue weighted by atomic mass is 16.1. The second-order valence-electron chi connectivity index (χ2n) is 3.81. The second-order valence-corrected chi connectivity index (χ2v) is 3.81. The SMILES string of the molecule is CC1=CCCCc2cc(C=O)ccc21. The van der Waals surface area contributed by atoms with Crippen LogP contribution in [0, 0.1) is 0 Å². The van der Waals surface area contributed by atoms with Crippen molar-refractivity contribution in [1.82, 2.24) is 0 Å². The maximum absolute atomic E-state index is 10.6. The molecule has 14 heavy (non-hydrogen) atoms. The van der Waals surface area contributed by atoms with Gasteiger partial charge in [0.05, 0.1) is 0 Å². The van der Waals surface area contributed by atoms with Gasteiger partial charge in [0.1, 0.15) is 6.29 Å². The Morgan fingerprint density at radius 3 is 3.00 bits per heavy atom. The van der Waals surface area contributed by atoms with Crippen LogP contribution in [-0.2, 0) is 6.42 Å². The van der Waals surface area contributed by atoms with E-state index in [1.807, 2.05) is 12.1 Å². The number of carbonyl (C=O) groups excluding carboxylic acids is 1. The molecule has 2 rings (SSSR count). The maximum Gasteiger partial charge on any atom is 0.150 e. The molecule has 1 aliphatic carbocycles. The molecule has 1 aromatic rings. The van der Waals surface area contributed by atoms with E-state index in [1.54, 1.807) is 0 Å². The largest absolute Gasteiger partial charge is 0.298 e. The summed E-state index contributed by atoms with van der Waals surface area (Å²) in [6.45, 7) is 2.14. The number of fused-ring (bicyclic) bond motifs is 1. The van der Waals surface area contributed by atoms with E-state index in [-0.39, 0.29) is 0 Å². The molecule has 0 bridgehead atoms. The molecule has 0 unspecified atom stereocenters. The van der Waals surface area contributed by atoms with Gasteiger partial charge in [0.2, 0.25) is 0 Å². The highest BCUT2D eigenvalue weighted by molar-refractivity contribution is 5.78. The quantitative estimate of drug-likeness (QED) is 0.615. The van der Waals surface area contributed by atoms with E-state index in [1.165, 1.54) is 23.1 Å². The molecule has 1 nitrogen and oxygen atoms in total. The Morgan fingerprint density at radius 2 is 2.21 bits per heavy atom. The summed E-state index contributed by atoms with van der Waals surface area (Å²) in [5.41, 5.74) is 4.77. The summed E-state index contributed by atoms with van der Waals surface area (Å²) < 4.78 is 0. The van der Waals surface area contributed by atoms with Crippen molar-refractivity contribution in [3.63, 3.8) is 0 Å². The Hall–Kier alpha value is -1.37. The van der Waals surface area contributed by atoms with Gasteiger partial charge >= 0.3 is 0 Å². The normalized spacial score (nSPS) is 15.4. The average Bonchev–Trinajstić information content (AvgIpc) is 2.40. The highest BCUT2D eigenvalue weighted by Crippen LogP contribution is 2.25. The third-order valence-electron chi connectivity index (χ3n) is 2.79. The molecule has 0 fully saturated rings. The Bertz CT molecular complexity index is 388. The molecule has 0 spiro atoms. The number of carbonyl (C=O) groups is 1. The molecule has 0 atom stereocenters. The molecule has 0 N–H and O–H groups in total. The first-order valence-corrected chi connectivity index (χ1v) is 5.06. The van der Waals surface area contributed by atoms with Crippen molar-refractivity contribution in [2.45, 2.75) is 26.2 Å². The van der Waals surface area contributed by atoms with Crippen molar-refractivity contribution in [2.75, 3.05) is 0 Å². The summed E-state index contributed by atoms with van der Waals surface area (Å²) in [5.74, 6) is 0. The fourth-order valence-electron chi connectivity index (χ4n) is 2.00. The number of allylic oxidation sites excluding steroid dienone is 2. The topological polar surface area (TPSA) is 17.1 Å². The Labute approximate surface area is 84.5 Å². The molecule has 72 valence electrons. The minimum Gasteiger partial charge on any atom is -0.298 e. The van der Waals surface area contributed by atoms with Crippen LogP contribution < -0.4 is 0 Å². The highest BCUT2D eigenvalue weighted by Gasteiger charge is 2.08. The van der Waals surface area contributed by atoms with Crippen molar-refractivity contribution in [1.29, 1.82) is 0 Å². The molecule has 0 amide bonds. The number of benzene rings is 1. The summed E-state index contributed by atoms with van der Waals surface area (Å²) >= 11 is 0. The number of hydrogen-bond donors (Lipinski definition) is 0. The van der Waals surface area contributed by atoms with Crippen molar-refractivity contribution >= 4 is 11.9 Å². The van der Waals surface area contributed by atoms with Gasteiger partial charge in [-0.2, -0.15) is 0 Å². The summed E-state index contributed by atoms with van der Waals surface area (Å²) in [5, 5.41) is 0. The average molecular weight is 186 g/mol. The molecule has 0 saturated heterocycles. The lowest BCUT2D eigenvalue weighted by atomic mass is 9.98. The van der Waals surface area contributed by atoms with E-state index in [0.29, 0.717) is 0 Å². The standard InChI is InChI=1S/C13H14O/c1-10-4-2-3-5-12-8-11(9-14)6-7-13(10)12/h4,6-9H,2-3,5H2,1H3. The van der Waals surface area contributed by atoms with Crippen molar-refractivity contribution < 1.29 is 4.79 Å². The monoisotopic (exact) mass is 186 g/mol. The predicted molar refractivity (Wildman–Crippen MR) is 58.4 cm³/mol. The molecule has 0 aliphatic heterocycles. The molecule has 0 heterocycles. The second kappa shape index (κ2) is 3.79. The molecule has 0 radical (unpaired) electrons. The van der Waals surface area contributed by atoms with E-state index < -0.39 is 0 Å². The van der Waals surface area contributed by atoms with Gasteiger partial charge in [0.25, 0.3) is 0 Å². The Balaban J connectivity index is 2.51. The van der Waals surface area contributed by atoms with E-state index >= 15 is 0 Å². The van der Waals surface area contributed by atoms with Gasteiger partial charge in [-0.3, -0.25) is 4.79 Å². The predicted octanol–water partition coefficient (Wildman–Crippen LogP) is 3.24. The lowest BCUT2D eigenvalue weighted by molar-refractivity contribution is 0.112. The lowest BCUT2D eigenvalue weighted by Gasteiger charge is -2.07. The molecular weight excluding hydrogens is 172 g/mol. The van der Waals surface area contributed by atoms with Crippen molar-refractivity contribution in [3.8, 4) is 0 Å². The zero-order valence-electron chi connectivity index (χ0n) is 8.42. The molecule has 1 heteroatoms. The zero-order valence-corrected chi connectivity index (χ0v) is 8.42. The van der Waals surface area contributed by atoms with E-state index in [4.69, 9.17) is 0 Å². The summed E-state index contributed by atoms with van der Waals surface area (Å²) in [4.78, 5) is 10.6. The van der Waals surface area contributed by atoms with Gasteiger partial charge < -0.3 is 0 Å². The molecule has 1 aromatic carbocycles. The van der Waals surface area contributed by atoms with Crippen molar-refractivity contribution in [3.05, 3.63) is 41.0 Å². The van der Waals surface area contributed by atoms with Gasteiger partial charge in [-0.15, -0.1) is 0 Å². The number of aldehydes is 1. The van der Waals surface area contributed by atoms with Gasteiger partial charge in [0.15, 0.2) is 0 Å². The van der Waals surface area contributed by atoms with Crippen molar-refractivity contribution in [2.24, 2.45) is 0 Å². The molecular formula is C13H14O. The fourth-order valence-corrected chi connectivity index (χ4v) is 2.00. The van der Waals surface area contributed by atoms with Crippen LogP contribution in [0.4, 0.5) is 0 Å². The maximum atomic E-state index is 10.6. The van der Waals surface area contributed by atoms with Crippen LogP contribution in [0.3, 0.4) is 0 Å². The fraction of sp³-hybridized carbons (Fsp3) is 0.308. The third-order valence-corrected chi connectivity index (χ3v) is 2.79. The van der Waals surface area contributed by atoms with Crippen LogP contribution in [-0.4, -0.2) is 6.29 Å². The molecule has 0 saturated carbocycles. The van der Waals surface area contributed by atoms with Gasteiger partial charge in [0, 0.05) is 5.56 Å². The summed E-state index contributed by atoms with van der Waals surface area (Å²) in [6.07, 6.45) is 6.63. The first-order valence-electron chi connectivity index (χ1n) is 5.06. The van der Waals surface area contributed by atoms with Crippen LogP contribution in [0.2, 0.25) is 0 Å². The first-order chi connectivity index (χ1) is 6.81. The van der Waals surface area contributed by atoms with E-state index in [9.17, 15) is 4.79 Å². The summed E-state index contributed by atoms with van der Waals surface area (Å²) in [6, 6.07) is 5.98. The lowest BCUT2D eigenvalue weighted by Crippen LogP contribution is -1.92. The Kier molecular flexibility index (Phi) is 2.49. The zero-order chi connectivity index (χ0) is 9.97. The smallest absolute Gasteiger partial charge is 0.150 e. The van der Waals surface area contributed by atoms with E-state index in [2.05, 4.69) is 19.1 Å². The summed E-state index contributed by atoms with van der Waals surface area (Å²) in [7, 11) is 0. The van der Waals surface area contributed by atoms with Crippen LogP contribution in [0.5, 0.6) is 0 Å². The van der Waals surface area contributed by atoms with E-state index in [0.717, 1.165) is 24.7 Å². The Morgan fingerprint density at radius 1 is 1.36 bits per heavy atom. The van der Waals surface area contributed by atoms with Gasteiger partial charge in [-0.05, 0) is 49.0 Å². The first kappa shape index (κ1) is 9.20. The molecule has 1 aliphatic rings. The van der Waals surface area contributed by atoms with Gasteiger partial charge in [-0.25, -0.2) is 0 Å². The van der Waals surface area contributed by atoms with Gasteiger partial charge in [-0.1, -0.05) is 18.2 Å². The minimum absolute atomic E-state index is 0.790. The van der Waals surface area contributed by atoms with Crippen LogP contribution in [0.15, 0.2) is 24.3 Å². The number of aryl methyl sites for hydroxylation is 1. The number of rotatable bonds is 1. The number of hydrogen-bond acceptors (Lipinski definition) is 1. The third kappa shape index (κ3) is 1.63. The molecule has 0 aromatic heterocycles.